The summed E-state index contributed by atoms with van der Waals surface area (Å²) in [6.07, 6.45) is 6.99. The van der Waals surface area contributed by atoms with Crippen molar-refractivity contribution in [3.05, 3.63) is 46.8 Å². The molecule has 1 aromatic carbocycles. The zero-order valence-corrected chi connectivity index (χ0v) is 20.8. The van der Waals surface area contributed by atoms with Crippen LogP contribution in [0.4, 0.5) is 4.39 Å². The minimum absolute atomic E-state index is 0. The largest absolute Gasteiger partial charge is 0.396 e. The minimum atomic E-state index is -0.284. The van der Waals surface area contributed by atoms with Crippen molar-refractivity contribution in [3.8, 4) is 0 Å². The molecule has 2 aliphatic rings. The molecule has 2 saturated carbocycles. The van der Waals surface area contributed by atoms with E-state index in [1.54, 1.807) is 6.07 Å². The molecule has 1 N–H and O–H groups in total. The minimum Gasteiger partial charge on any atom is -0.396 e. The highest BCUT2D eigenvalue weighted by atomic mass is 35.5. The summed E-state index contributed by atoms with van der Waals surface area (Å²) >= 11 is 0. The van der Waals surface area contributed by atoms with Gasteiger partial charge >= 0.3 is 0 Å². The molecule has 1 atom stereocenters. The van der Waals surface area contributed by atoms with Gasteiger partial charge < -0.3 is 9.67 Å². The lowest BCUT2D eigenvalue weighted by Crippen LogP contribution is -2.26. The smallest absolute Gasteiger partial charge is 0.138 e. The van der Waals surface area contributed by atoms with Gasteiger partial charge in [-0.1, -0.05) is 19.9 Å². The van der Waals surface area contributed by atoms with Gasteiger partial charge in [-0.15, -0.1) is 22.6 Å². The topological polar surface area (TPSA) is 68.0 Å². The van der Waals surface area contributed by atoms with Crippen LogP contribution in [0.15, 0.2) is 18.2 Å². The number of carbonyl (C=O) groups is 1. The van der Waals surface area contributed by atoms with Crippen molar-refractivity contribution in [3.63, 3.8) is 0 Å². The molecule has 7 heteroatoms. The molecule has 4 rings (SSSR count). The van der Waals surface area contributed by atoms with Crippen LogP contribution >= 0.6 is 12.4 Å². The first-order valence-corrected chi connectivity index (χ1v) is 12.2. The number of benzene rings is 1. The van der Waals surface area contributed by atoms with Gasteiger partial charge in [-0.3, -0.25) is 4.79 Å². The van der Waals surface area contributed by atoms with Crippen molar-refractivity contribution in [2.45, 2.75) is 90.0 Å². The first-order valence-electron chi connectivity index (χ1n) is 12.2. The number of aromatic nitrogens is 3. The molecule has 1 aromatic heterocycles. The number of carbonyl (C=O) groups excluding carboxylic acids is 1. The number of nitrogens with zero attached hydrogens (tertiary/aromatic N) is 3. The summed E-state index contributed by atoms with van der Waals surface area (Å²) in [4.78, 5) is 12.9. The summed E-state index contributed by atoms with van der Waals surface area (Å²) in [6, 6.07) is 5.00. The number of rotatable bonds is 11. The van der Waals surface area contributed by atoms with E-state index in [9.17, 15) is 14.3 Å². The molecule has 0 unspecified atom stereocenters. The predicted octanol–water partition coefficient (Wildman–Crippen LogP) is 5.69. The Morgan fingerprint density at radius 1 is 1.24 bits per heavy atom. The number of hydrogen-bond donors (Lipinski definition) is 1. The van der Waals surface area contributed by atoms with Crippen molar-refractivity contribution in [1.82, 2.24) is 14.8 Å². The van der Waals surface area contributed by atoms with Gasteiger partial charge in [-0.2, -0.15) is 0 Å². The fourth-order valence-electron chi connectivity index (χ4n) is 5.28. The number of aryl methyl sites for hydroxylation is 1. The van der Waals surface area contributed by atoms with Crippen molar-refractivity contribution in [1.29, 1.82) is 0 Å². The van der Waals surface area contributed by atoms with Gasteiger partial charge in [0.1, 0.15) is 23.2 Å². The lowest BCUT2D eigenvalue weighted by atomic mass is 9.71. The Balaban J connectivity index is 0.00000306. The Labute approximate surface area is 202 Å². The molecule has 0 radical (unpaired) electrons. The Morgan fingerprint density at radius 2 is 1.97 bits per heavy atom. The van der Waals surface area contributed by atoms with E-state index in [0.29, 0.717) is 24.8 Å². The van der Waals surface area contributed by atoms with E-state index < -0.39 is 0 Å². The molecule has 0 saturated heterocycles. The maximum Gasteiger partial charge on any atom is 0.138 e. The molecule has 0 spiro atoms. The van der Waals surface area contributed by atoms with Crippen LogP contribution in [-0.2, 0) is 11.2 Å². The van der Waals surface area contributed by atoms with Gasteiger partial charge in [0, 0.05) is 37.3 Å². The fourth-order valence-corrected chi connectivity index (χ4v) is 5.28. The summed E-state index contributed by atoms with van der Waals surface area (Å²) in [5, 5.41) is 18.9. The maximum absolute atomic E-state index is 13.4. The van der Waals surface area contributed by atoms with E-state index in [2.05, 4.69) is 28.6 Å². The van der Waals surface area contributed by atoms with E-state index in [1.807, 2.05) is 6.92 Å². The number of ketones is 1. The van der Waals surface area contributed by atoms with Gasteiger partial charge in [-0.25, -0.2) is 4.39 Å². The molecule has 5 nitrogen and oxygen atoms in total. The van der Waals surface area contributed by atoms with Crippen LogP contribution in [0.1, 0.15) is 99.4 Å². The van der Waals surface area contributed by atoms with Gasteiger partial charge in [-0.05, 0) is 80.5 Å². The number of aliphatic hydroxyl groups is 1. The first kappa shape index (κ1) is 25.8. The third-order valence-electron chi connectivity index (χ3n) is 7.08. The molecule has 1 heterocycles. The average molecular weight is 478 g/mol. The second kappa shape index (κ2) is 11.1. The lowest BCUT2D eigenvalue weighted by Gasteiger charge is -2.36. The molecule has 0 amide bonds. The van der Waals surface area contributed by atoms with Gasteiger partial charge in [0.05, 0.1) is 0 Å². The summed E-state index contributed by atoms with van der Waals surface area (Å²) in [5.74, 6) is 3.60. The Kier molecular flexibility index (Phi) is 8.68. The quantitative estimate of drug-likeness (QED) is 0.451. The molecule has 33 heavy (non-hydrogen) atoms. The third kappa shape index (κ3) is 6.21. The molecule has 2 fully saturated rings. The van der Waals surface area contributed by atoms with E-state index >= 15 is 0 Å². The van der Waals surface area contributed by atoms with E-state index in [-0.39, 0.29) is 43.0 Å². The van der Waals surface area contributed by atoms with E-state index in [0.717, 1.165) is 47.5 Å². The molecule has 2 aliphatic carbocycles. The molecular formula is C26H37ClFN3O2. The first-order chi connectivity index (χ1) is 15.4. The fraction of sp³-hybridized carbons (Fsp3) is 0.654. The maximum atomic E-state index is 13.4. The molecule has 0 bridgehead atoms. The normalized spacial score (nSPS) is 20.9. The summed E-state index contributed by atoms with van der Waals surface area (Å²) in [6.45, 7) is 6.41. The van der Waals surface area contributed by atoms with Gasteiger partial charge in [0.2, 0.25) is 0 Å². The highest BCUT2D eigenvalue weighted by Crippen LogP contribution is 2.48. The van der Waals surface area contributed by atoms with Crippen molar-refractivity contribution >= 4 is 18.2 Å². The van der Waals surface area contributed by atoms with Crippen molar-refractivity contribution < 1.29 is 14.3 Å². The highest BCUT2D eigenvalue weighted by molar-refractivity contribution is 5.85. The third-order valence-corrected chi connectivity index (χ3v) is 7.08. The standard InChI is InChI=1S/C26H36FN3O2.ClH/c1-16(2)10-18-12-21(13-18)26-29-28-25(30(26)23-6-7-23)20(8-9-31)15-24(32)14-19-4-5-22(27)11-17(19)3;/h4-5,11,16,18,20-21,23,31H,6-10,12-15H2,1-3H3;1H/t18?,20-,21?;/m0./s1. The van der Waals surface area contributed by atoms with Crippen molar-refractivity contribution in [2.75, 3.05) is 6.61 Å². The second-order valence-corrected chi connectivity index (χ2v) is 10.4. The lowest BCUT2D eigenvalue weighted by molar-refractivity contribution is -0.118. The van der Waals surface area contributed by atoms with Gasteiger partial charge in [0.15, 0.2) is 0 Å². The summed E-state index contributed by atoms with van der Waals surface area (Å²) in [7, 11) is 0. The molecule has 0 aliphatic heterocycles. The highest BCUT2D eigenvalue weighted by Gasteiger charge is 2.39. The van der Waals surface area contributed by atoms with Crippen LogP contribution in [0.2, 0.25) is 0 Å². The van der Waals surface area contributed by atoms with Gasteiger partial charge in [0.25, 0.3) is 0 Å². The SMILES string of the molecule is Cc1cc(F)ccc1CC(=O)C[C@H](CCO)c1nnc(C2CC(CC(C)C)C2)n1C1CC1.Cl. The zero-order chi connectivity index (χ0) is 22.8. The molecule has 182 valence electrons. The predicted molar refractivity (Wildman–Crippen MR) is 129 cm³/mol. The summed E-state index contributed by atoms with van der Waals surface area (Å²) < 4.78 is 15.7. The van der Waals surface area contributed by atoms with Crippen LogP contribution in [0.3, 0.4) is 0 Å². The van der Waals surface area contributed by atoms with Crippen LogP contribution in [0.5, 0.6) is 0 Å². The molecular weight excluding hydrogens is 441 g/mol. The zero-order valence-electron chi connectivity index (χ0n) is 20.0. The van der Waals surface area contributed by atoms with Crippen LogP contribution in [-0.4, -0.2) is 32.3 Å². The number of Topliss-reactive ketones (excluding diaryl/α,β-unsaturated/α-hetero) is 1. The number of aliphatic hydroxyl groups excluding tert-OH is 1. The average Bonchev–Trinajstić information content (AvgIpc) is 3.45. The van der Waals surface area contributed by atoms with Crippen molar-refractivity contribution in [2.24, 2.45) is 11.8 Å². The number of hydrogen-bond acceptors (Lipinski definition) is 4. The van der Waals surface area contributed by atoms with Crippen LogP contribution in [0.25, 0.3) is 0 Å². The van der Waals surface area contributed by atoms with Crippen LogP contribution < -0.4 is 0 Å². The Hall–Kier alpha value is -1.79. The summed E-state index contributed by atoms with van der Waals surface area (Å²) in [5.41, 5.74) is 1.65. The Bertz CT molecular complexity index is 951. The molecule has 2 aromatic rings. The second-order valence-electron chi connectivity index (χ2n) is 10.4. The Morgan fingerprint density at radius 3 is 2.58 bits per heavy atom. The monoisotopic (exact) mass is 477 g/mol. The van der Waals surface area contributed by atoms with E-state index in [4.69, 9.17) is 0 Å². The van der Waals surface area contributed by atoms with Crippen LogP contribution in [0, 0.1) is 24.6 Å². The van der Waals surface area contributed by atoms with E-state index in [1.165, 1.54) is 31.4 Å². The number of halogens is 2.